The van der Waals surface area contributed by atoms with E-state index in [4.69, 9.17) is 10.5 Å². The molecule has 3 rings (SSSR count). The van der Waals surface area contributed by atoms with Gasteiger partial charge in [0, 0.05) is 6.54 Å². The maximum absolute atomic E-state index is 12.9. The third-order valence-corrected chi connectivity index (χ3v) is 3.92. The van der Waals surface area contributed by atoms with E-state index in [1.165, 1.54) is 0 Å². The third-order valence-electron chi connectivity index (χ3n) is 3.92. The van der Waals surface area contributed by atoms with Gasteiger partial charge < -0.3 is 20.5 Å². The van der Waals surface area contributed by atoms with Gasteiger partial charge in [-0.15, -0.1) is 0 Å². The summed E-state index contributed by atoms with van der Waals surface area (Å²) >= 11 is 0. The standard InChI is InChI=1S/C17H19N3O3/c18-15-8-4-7-13(19-15)17(22)20-9-10-23-14(11-21)16(20)12-5-2-1-3-6-12/h1-8,14,16,21H,9-11H2,(H2,18,19)/t14-,16-/m0/s1. The van der Waals surface area contributed by atoms with E-state index in [9.17, 15) is 9.90 Å². The predicted octanol–water partition coefficient (Wildman–Crippen LogP) is 1.24. The van der Waals surface area contributed by atoms with E-state index in [0.29, 0.717) is 24.7 Å². The number of nitrogen functional groups attached to an aromatic ring is 1. The fourth-order valence-corrected chi connectivity index (χ4v) is 2.88. The molecule has 6 heteroatoms. The molecule has 1 fully saturated rings. The highest BCUT2D eigenvalue weighted by Gasteiger charge is 2.36. The van der Waals surface area contributed by atoms with Gasteiger partial charge in [0.25, 0.3) is 5.91 Å². The van der Waals surface area contributed by atoms with Crippen molar-refractivity contribution in [2.45, 2.75) is 12.1 Å². The molecule has 2 aromatic rings. The number of carbonyl (C=O) groups excluding carboxylic acids is 1. The van der Waals surface area contributed by atoms with Crippen LogP contribution >= 0.6 is 0 Å². The average molecular weight is 313 g/mol. The molecule has 23 heavy (non-hydrogen) atoms. The fraction of sp³-hybridized carbons (Fsp3) is 0.294. The number of anilines is 1. The fourth-order valence-electron chi connectivity index (χ4n) is 2.88. The van der Waals surface area contributed by atoms with Crippen LogP contribution in [0.3, 0.4) is 0 Å². The quantitative estimate of drug-likeness (QED) is 0.890. The maximum atomic E-state index is 12.9. The Morgan fingerprint density at radius 3 is 2.74 bits per heavy atom. The number of benzene rings is 1. The second-order valence-corrected chi connectivity index (χ2v) is 5.39. The molecule has 1 aliphatic rings. The van der Waals surface area contributed by atoms with Gasteiger partial charge in [-0.3, -0.25) is 4.79 Å². The second kappa shape index (κ2) is 6.76. The van der Waals surface area contributed by atoms with E-state index in [-0.39, 0.29) is 18.6 Å². The molecule has 1 amide bonds. The third kappa shape index (κ3) is 3.18. The van der Waals surface area contributed by atoms with Crippen LogP contribution in [0.5, 0.6) is 0 Å². The van der Waals surface area contributed by atoms with E-state index >= 15 is 0 Å². The van der Waals surface area contributed by atoms with Gasteiger partial charge in [0.15, 0.2) is 0 Å². The molecule has 1 saturated heterocycles. The minimum atomic E-state index is -0.462. The highest BCUT2D eigenvalue weighted by Crippen LogP contribution is 2.30. The molecule has 120 valence electrons. The topological polar surface area (TPSA) is 88.7 Å². The molecular weight excluding hydrogens is 294 g/mol. The number of ether oxygens (including phenoxy) is 1. The van der Waals surface area contributed by atoms with Crippen LogP contribution in [-0.2, 0) is 4.74 Å². The van der Waals surface area contributed by atoms with Crippen molar-refractivity contribution in [2.24, 2.45) is 0 Å². The summed E-state index contributed by atoms with van der Waals surface area (Å²) in [6.45, 7) is 0.654. The highest BCUT2D eigenvalue weighted by molar-refractivity contribution is 5.93. The summed E-state index contributed by atoms with van der Waals surface area (Å²) in [5, 5.41) is 9.64. The van der Waals surface area contributed by atoms with Gasteiger partial charge in [-0.25, -0.2) is 4.98 Å². The molecule has 0 unspecified atom stereocenters. The minimum absolute atomic E-state index is 0.159. The number of hydrogen-bond donors (Lipinski definition) is 2. The SMILES string of the molecule is Nc1cccc(C(=O)N2CCO[C@@H](CO)[C@@H]2c2ccccc2)n1. The maximum Gasteiger partial charge on any atom is 0.273 e. The van der Waals surface area contributed by atoms with Crippen molar-refractivity contribution in [1.82, 2.24) is 9.88 Å². The lowest BCUT2D eigenvalue weighted by Crippen LogP contribution is -2.49. The lowest BCUT2D eigenvalue weighted by Gasteiger charge is -2.40. The Kier molecular flexibility index (Phi) is 4.55. The molecular formula is C17H19N3O3. The van der Waals surface area contributed by atoms with E-state index in [1.807, 2.05) is 30.3 Å². The normalized spacial score (nSPS) is 21.2. The zero-order valence-electron chi connectivity index (χ0n) is 12.6. The van der Waals surface area contributed by atoms with Gasteiger partial charge in [-0.1, -0.05) is 36.4 Å². The monoisotopic (exact) mass is 313 g/mol. The molecule has 3 N–H and O–H groups in total. The van der Waals surface area contributed by atoms with Crippen molar-refractivity contribution in [3.63, 3.8) is 0 Å². The Labute approximate surface area is 134 Å². The number of aliphatic hydroxyl groups excluding tert-OH is 1. The number of aliphatic hydroxyl groups is 1. The smallest absolute Gasteiger partial charge is 0.273 e. The van der Waals surface area contributed by atoms with Gasteiger partial charge in [0.2, 0.25) is 0 Å². The van der Waals surface area contributed by atoms with Crippen LogP contribution in [0, 0.1) is 0 Å². The zero-order valence-corrected chi connectivity index (χ0v) is 12.6. The van der Waals surface area contributed by atoms with Crippen molar-refractivity contribution >= 4 is 11.7 Å². The number of morpholine rings is 1. The largest absolute Gasteiger partial charge is 0.394 e. The minimum Gasteiger partial charge on any atom is -0.394 e. The second-order valence-electron chi connectivity index (χ2n) is 5.39. The van der Waals surface area contributed by atoms with Crippen LogP contribution in [0.15, 0.2) is 48.5 Å². The number of hydrogen-bond acceptors (Lipinski definition) is 5. The van der Waals surface area contributed by atoms with Crippen LogP contribution in [0.2, 0.25) is 0 Å². The molecule has 2 heterocycles. The molecule has 0 bridgehead atoms. The predicted molar refractivity (Wildman–Crippen MR) is 85.7 cm³/mol. The molecule has 2 atom stereocenters. The molecule has 6 nitrogen and oxygen atoms in total. The van der Waals surface area contributed by atoms with Gasteiger partial charge >= 0.3 is 0 Å². The van der Waals surface area contributed by atoms with Crippen molar-refractivity contribution in [3.05, 3.63) is 59.8 Å². The Balaban J connectivity index is 1.96. The number of nitrogens with zero attached hydrogens (tertiary/aromatic N) is 2. The zero-order chi connectivity index (χ0) is 16.2. The summed E-state index contributed by atoms with van der Waals surface area (Å²) in [6, 6.07) is 14.2. The first-order chi connectivity index (χ1) is 11.2. The van der Waals surface area contributed by atoms with E-state index in [1.54, 1.807) is 23.1 Å². The molecule has 1 aromatic heterocycles. The lowest BCUT2D eigenvalue weighted by atomic mass is 9.98. The molecule has 1 aromatic carbocycles. The first-order valence-electron chi connectivity index (χ1n) is 7.51. The van der Waals surface area contributed by atoms with Gasteiger partial charge in [0.05, 0.1) is 19.3 Å². The van der Waals surface area contributed by atoms with Crippen LogP contribution in [0.1, 0.15) is 22.1 Å². The van der Waals surface area contributed by atoms with Crippen molar-refractivity contribution < 1.29 is 14.6 Å². The highest BCUT2D eigenvalue weighted by atomic mass is 16.5. The number of carbonyl (C=O) groups is 1. The Morgan fingerprint density at radius 1 is 1.26 bits per heavy atom. The van der Waals surface area contributed by atoms with E-state index in [2.05, 4.69) is 4.98 Å². The number of pyridine rings is 1. The Morgan fingerprint density at radius 2 is 2.04 bits per heavy atom. The summed E-state index contributed by atoms with van der Waals surface area (Å²) in [4.78, 5) is 18.7. The molecule has 0 spiro atoms. The first kappa shape index (κ1) is 15.5. The average Bonchev–Trinajstić information content (AvgIpc) is 2.61. The molecule has 0 aliphatic carbocycles. The summed E-state index contributed by atoms with van der Waals surface area (Å²) in [7, 11) is 0. The number of amides is 1. The summed E-state index contributed by atoms with van der Waals surface area (Å²) < 4.78 is 5.65. The Hall–Kier alpha value is -2.44. The van der Waals surface area contributed by atoms with Crippen LogP contribution in [0.4, 0.5) is 5.82 Å². The molecule has 0 saturated carbocycles. The number of rotatable bonds is 3. The summed E-state index contributed by atoms with van der Waals surface area (Å²) in [5.74, 6) is 0.0898. The van der Waals surface area contributed by atoms with Crippen molar-refractivity contribution in [1.29, 1.82) is 0 Å². The first-order valence-corrected chi connectivity index (χ1v) is 7.51. The van der Waals surface area contributed by atoms with Gasteiger partial charge in [-0.05, 0) is 17.7 Å². The van der Waals surface area contributed by atoms with Crippen LogP contribution < -0.4 is 5.73 Å². The Bertz CT molecular complexity index is 678. The molecule has 1 aliphatic heterocycles. The van der Waals surface area contributed by atoms with Gasteiger partial charge in [0.1, 0.15) is 17.6 Å². The van der Waals surface area contributed by atoms with Gasteiger partial charge in [-0.2, -0.15) is 0 Å². The van der Waals surface area contributed by atoms with Crippen LogP contribution in [0.25, 0.3) is 0 Å². The van der Waals surface area contributed by atoms with E-state index < -0.39 is 6.10 Å². The van der Waals surface area contributed by atoms with E-state index in [0.717, 1.165) is 5.56 Å². The summed E-state index contributed by atoms with van der Waals surface area (Å²) in [6.07, 6.45) is -0.462. The number of aromatic nitrogens is 1. The molecule has 0 radical (unpaired) electrons. The summed E-state index contributed by atoms with van der Waals surface area (Å²) in [5.41, 5.74) is 6.89. The van der Waals surface area contributed by atoms with Crippen LogP contribution in [-0.4, -0.2) is 46.8 Å². The van der Waals surface area contributed by atoms with Crippen molar-refractivity contribution in [2.75, 3.05) is 25.5 Å². The number of nitrogens with two attached hydrogens (primary N) is 1. The van der Waals surface area contributed by atoms with Crippen molar-refractivity contribution in [3.8, 4) is 0 Å². The lowest BCUT2D eigenvalue weighted by molar-refractivity contribution is -0.0812.